The van der Waals surface area contributed by atoms with Crippen LogP contribution in [0.1, 0.15) is 57.2 Å². The maximum absolute atomic E-state index is 5.42. The lowest BCUT2D eigenvalue weighted by atomic mass is 9.82. The molecule has 1 aromatic heterocycles. The second-order valence-corrected chi connectivity index (χ2v) is 6.01. The van der Waals surface area contributed by atoms with Gasteiger partial charge in [0, 0.05) is 32.6 Å². The fraction of sp³-hybridized carbons (Fsp3) is 0.875. The number of aryl methyl sites for hydroxylation is 1. The molecule has 5 nitrogen and oxygen atoms in total. The van der Waals surface area contributed by atoms with Gasteiger partial charge in [-0.15, -0.1) is 0 Å². The molecular weight excluding hydrogens is 266 g/mol. The van der Waals surface area contributed by atoms with Gasteiger partial charge in [0.15, 0.2) is 5.82 Å². The fourth-order valence-corrected chi connectivity index (χ4v) is 3.12. The summed E-state index contributed by atoms with van der Waals surface area (Å²) >= 11 is 0. The molecule has 0 amide bonds. The van der Waals surface area contributed by atoms with Crippen molar-refractivity contribution in [1.82, 2.24) is 15.5 Å². The van der Waals surface area contributed by atoms with Crippen LogP contribution < -0.4 is 5.32 Å². The van der Waals surface area contributed by atoms with E-state index in [1.165, 1.54) is 32.1 Å². The van der Waals surface area contributed by atoms with E-state index >= 15 is 0 Å². The van der Waals surface area contributed by atoms with Crippen LogP contribution in [-0.2, 0) is 17.6 Å². The Balaban J connectivity index is 1.83. The molecule has 2 atom stereocenters. The SMILES string of the molecule is CCCNC1CCCCC1Cc1nc(CCCOC)no1. The largest absolute Gasteiger partial charge is 0.385 e. The molecule has 21 heavy (non-hydrogen) atoms. The maximum Gasteiger partial charge on any atom is 0.226 e. The number of rotatable bonds is 9. The third-order valence-electron chi connectivity index (χ3n) is 4.26. The van der Waals surface area contributed by atoms with Gasteiger partial charge in [-0.1, -0.05) is 24.9 Å². The first kappa shape index (κ1) is 16.4. The third kappa shape index (κ3) is 5.40. The summed E-state index contributed by atoms with van der Waals surface area (Å²) in [6, 6.07) is 0.613. The number of ether oxygens (including phenoxy) is 1. The normalized spacial score (nSPS) is 22.6. The topological polar surface area (TPSA) is 60.2 Å². The Morgan fingerprint density at radius 1 is 1.33 bits per heavy atom. The quantitative estimate of drug-likeness (QED) is 0.710. The first-order valence-corrected chi connectivity index (χ1v) is 8.37. The summed E-state index contributed by atoms with van der Waals surface area (Å²) in [4.78, 5) is 4.53. The van der Waals surface area contributed by atoms with Crippen molar-refractivity contribution in [2.75, 3.05) is 20.3 Å². The standard InChI is InChI=1S/C16H29N3O2/c1-3-10-17-14-8-5-4-7-13(14)12-16-18-15(19-21-16)9-6-11-20-2/h13-14,17H,3-12H2,1-2H3. The molecule has 0 radical (unpaired) electrons. The van der Waals surface area contributed by atoms with Crippen molar-refractivity contribution in [2.45, 2.75) is 64.3 Å². The van der Waals surface area contributed by atoms with Gasteiger partial charge in [0.1, 0.15) is 0 Å². The van der Waals surface area contributed by atoms with E-state index in [9.17, 15) is 0 Å². The molecule has 0 aliphatic heterocycles. The van der Waals surface area contributed by atoms with E-state index in [1.807, 2.05) is 0 Å². The van der Waals surface area contributed by atoms with Crippen LogP contribution in [0.4, 0.5) is 0 Å². The van der Waals surface area contributed by atoms with E-state index in [4.69, 9.17) is 9.26 Å². The molecule has 5 heteroatoms. The van der Waals surface area contributed by atoms with Crippen LogP contribution in [0.25, 0.3) is 0 Å². The van der Waals surface area contributed by atoms with E-state index in [2.05, 4.69) is 22.4 Å². The van der Waals surface area contributed by atoms with Gasteiger partial charge < -0.3 is 14.6 Å². The third-order valence-corrected chi connectivity index (χ3v) is 4.26. The van der Waals surface area contributed by atoms with Gasteiger partial charge in [0.2, 0.25) is 5.89 Å². The first-order chi connectivity index (χ1) is 10.3. The molecule has 1 heterocycles. The number of nitrogens with zero attached hydrogens (tertiary/aromatic N) is 2. The molecule has 1 fully saturated rings. The van der Waals surface area contributed by atoms with Crippen LogP contribution in [0, 0.1) is 5.92 Å². The van der Waals surface area contributed by atoms with Crippen molar-refractivity contribution in [3.63, 3.8) is 0 Å². The zero-order chi connectivity index (χ0) is 14.9. The highest BCUT2D eigenvalue weighted by Crippen LogP contribution is 2.27. The summed E-state index contributed by atoms with van der Waals surface area (Å²) in [7, 11) is 1.72. The van der Waals surface area contributed by atoms with Crippen LogP contribution >= 0.6 is 0 Å². The number of hydrogen-bond donors (Lipinski definition) is 1. The number of nitrogens with one attached hydrogen (secondary N) is 1. The molecule has 0 spiro atoms. The van der Waals surface area contributed by atoms with Gasteiger partial charge in [0.25, 0.3) is 0 Å². The summed E-state index contributed by atoms with van der Waals surface area (Å²) in [6.07, 6.45) is 9.08. The van der Waals surface area contributed by atoms with Crippen LogP contribution in [-0.4, -0.2) is 36.4 Å². The summed E-state index contributed by atoms with van der Waals surface area (Å²) in [5, 5.41) is 7.76. The Kier molecular flexibility index (Phi) is 7.16. The van der Waals surface area contributed by atoms with Crippen molar-refractivity contribution in [2.24, 2.45) is 5.92 Å². The molecule has 0 saturated heterocycles. The average Bonchev–Trinajstić information content (AvgIpc) is 2.94. The lowest BCUT2D eigenvalue weighted by Crippen LogP contribution is -2.39. The number of hydrogen-bond acceptors (Lipinski definition) is 5. The van der Waals surface area contributed by atoms with Gasteiger partial charge in [-0.05, 0) is 38.1 Å². The Labute approximate surface area is 127 Å². The molecule has 0 aromatic carbocycles. The first-order valence-electron chi connectivity index (χ1n) is 8.37. The van der Waals surface area contributed by atoms with Gasteiger partial charge in [-0.3, -0.25) is 0 Å². The zero-order valence-corrected chi connectivity index (χ0v) is 13.4. The average molecular weight is 295 g/mol. The highest BCUT2D eigenvalue weighted by atomic mass is 16.5. The van der Waals surface area contributed by atoms with Crippen molar-refractivity contribution in [3.05, 3.63) is 11.7 Å². The van der Waals surface area contributed by atoms with Crippen LogP contribution in [0.2, 0.25) is 0 Å². The number of aromatic nitrogens is 2. The van der Waals surface area contributed by atoms with Crippen LogP contribution in [0.3, 0.4) is 0 Å². The minimum Gasteiger partial charge on any atom is -0.385 e. The second-order valence-electron chi connectivity index (χ2n) is 6.01. The van der Waals surface area contributed by atoms with E-state index < -0.39 is 0 Å². The van der Waals surface area contributed by atoms with E-state index in [1.54, 1.807) is 7.11 Å². The van der Waals surface area contributed by atoms with E-state index in [-0.39, 0.29) is 0 Å². The molecule has 2 unspecified atom stereocenters. The molecule has 1 N–H and O–H groups in total. The Hall–Kier alpha value is -0.940. The van der Waals surface area contributed by atoms with Crippen molar-refractivity contribution >= 4 is 0 Å². The highest BCUT2D eigenvalue weighted by Gasteiger charge is 2.26. The van der Waals surface area contributed by atoms with Crippen molar-refractivity contribution < 1.29 is 9.26 Å². The van der Waals surface area contributed by atoms with Gasteiger partial charge in [-0.25, -0.2) is 0 Å². The zero-order valence-electron chi connectivity index (χ0n) is 13.4. The second kappa shape index (κ2) is 9.15. The molecule has 0 bridgehead atoms. The van der Waals surface area contributed by atoms with Gasteiger partial charge in [0.05, 0.1) is 0 Å². The molecule has 1 aliphatic rings. The Bertz CT molecular complexity index is 395. The lowest BCUT2D eigenvalue weighted by Gasteiger charge is -2.31. The lowest BCUT2D eigenvalue weighted by molar-refractivity contribution is 0.194. The molecule has 1 saturated carbocycles. The van der Waals surface area contributed by atoms with Crippen LogP contribution in [0.15, 0.2) is 4.52 Å². The molecule has 1 aromatic rings. The van der Waals surface area contributed by atoms with E-state index in [0.717, 1.165) is 44.1 Å². The van der Waals surface area contributed by atoms with Gasteiger partial charge in [-0.2, -0.15) is 4.98 Å². The maximum atomic E-state index is 5.42. The summed E-state index contributed by atoms with van der Waals surface area (Å²) < 4.78 is 10.5. The molecule has 120 valence electrons. The predicted molar refractivity (Wildman–Crippen MR) is 82.2 cm³/mol. The van der Waals surface area contributed by atoms with Crippen molar-refractivity contribution in [3.8, 4) is 0 Å². The van der Waals surface area contributed by atoms with E-state index in [0.29, 0.717) is 12.0 Å². The summed E-state index contributed by atoms with van der Waals surface area (Å²) in [5.41, 5.74) is 0. The Morgan fingerprint density at radius 2 is 2.19 bits per heavy atom. The molecule has 2 rings (SSSR count). The summed E-state index contributed by atoms with van der Waals surface area (Å²) in [6.45, 7) is 4.07. The molecule has 1 aliphatic carbocycles. The van der Waals surface area contributed by atoms with Crippen LogP contribution in [0.5, 0.6) is 0 Å². The summed E-state index contributed by atoms with van der Waals surface area (Å²) in [5.74, 6) is 2.26. The molecular formula is C16H29N3O2. The monoisotopic (exact) mass is 295 g/mol. The smallest absolute Gasteiger partial charge is 0.226 e. The minimum absolute atomic E-state index is 0.613. The highest BCUT2D eigenvalue weighted by molar-refractivity contribution is 4.92. The predicted octanol–water partition coefficient (Wildman–Crippen LogP) is 2.75. The van der Waals surface area contributed by atoms with Gasteiger partial charge >= 0.3 is 0 Å². The fourth-order valence-electron chi connectivity index (χ4n) is 3.12. The van der Waals surface area contributed by atoms with Crippen molar-refractivity contribution in [1.29, 1.82) is 0 Å². The Morgan fingerprint density at radius 3 is 3.00 bits per heavy atom. The number of methoxy groups -OCH3 is 1. The minimum atomic E-state index is 0.613.